The van der Waals surface area contributed by atoms with Crippen LogP contribution in [0.15, 0.2) is 18.2 Å². The summed E-state index contributed by atoms with van der Waals surface area (Å²) < 4.78 is 39.0. The molecule has 0 spiro atoms. The van der Waals surface area contributed by atoms with Gasteiger partial charge in [-0.05, 0) is 73.9 Å². The first-order chi connectivity index (χ1) is 10.5. The standard InChI is InChI=1S/C17H23F3N2/c1-2-21-9-11-3-4-12-10-22-16-6-5-13(17(18,19)20)8-15(16)14(12)7-11/h5-6,8,11-12,14,21-22H,2-4,7,9-10H2,1H3. The van der Waals surface area contributed by atoms with Crippen LogP contribution < -0.4 is 10.6 Å². The van der Waals surface area contributed by atoms with Gasteiger partial charge in [0.05, 0.1) is 5.56 Å². The van der Waals surface area contributed by atoms with Crippen LogP contribution in [0.1, 0.15) is 43.2 Å². The maximum Gasteiger partial charge on any atom is 0.416 e. The molecule has 0 aromatic heterocycles. The maximum absolute atomic E-state index is 13.0. The van der Waals surface area contributed by atoms with Gasteiger partial charge in [0.1, 0.15) is 0 Å². The first kappa shape index (κ1) is 15.7. The summed E-state index contributed by atoms with van der Waals surface area (Å²) in [6.45, 7) is 4.89. The van der Waals surface area contributed by atoms with Gasteiger partial charge in [-0.15, -0.1) is 0 Å². The summed E-state index contributed by atoms with van der Waals surface area (Å²) >= 11 is 0. The average molecular weight is 312 g/mol. The third kappa shape index (κ3) is 3.09. The molecule has 122 valence electrons. The van der Waals surface area contributed by atoms with Crippen molar-refractivity contribution in [1.82, 2.24) is 5.32 Å². The third-order valence-corrected chi connectivity index (χ3v) is 5.12. The minimum absolute atomic E-state index is 0.260. The molecule has 3 rings (SSSR count). The topological polar surface area (TPSA) is 24.1 Å². The number of anilines is 1. The molecular weight excluding hydrogens is 289 g/mol. The van der Waals surface area contributed by atoms with Crippen molar-refractivity contribution in [2.75, 3.05) is 25.0 Å². The van der Waals surface area contributed by atoms with Crippen molar-refractivity contribution in [2.45, 2.75) is 38.3 Å². The van der Waals surface area contributed by atoms with Crippen LogP contribution in [0.3, 0.4) is 0 Å². The molecule has 3 atom stereocenters. The lowest BCUT2D eigenvalue weighted by Crippen LogP contribution is -2.36. The van der Waals surface area contributed by atoms with E-state index >= 15 is 0 Å². The summed E-state index contributed by atoms with van der Waals surface area (Å²) in [5.41, 5.74) is 1.23. The molecule has 0 amide bonds. The Bertz CT molecular complexity index is 527. The Morgan fingerprint density at radius 2 is 2.09 bits per heavy atom. The van der Waals surface area contributed by atoms with E-state index in [0.717, 1.165) is 43.7 Å². The summed E-state index contributed by atoms with van der Waals surface area (Å²) in [6.07, 6.45) is -0.999. The molecular formula is C17H23F3N2. The smallest absolute Gasteiger partial charge is 0.385 e. The fourth-order valence-electron chi connectivity index (χ4n) is 3.93. The van der Waals surface area contributed by atoms with Crippen LogP contribution in [0, 0.1) is 11.8 Å². The normalized spacial score (nSPS) is 27.7. The average Bonchev–Trinajstić information content (AvgIpc) is 2.51. The first-order valence-corrected chi connectivity index (χ1v) is 8.14. The molecule has 1 aliphatic heterocycles. The van der Waals surface area contributed by atoms with Crippen molar-refractivity contribution in [3.05, 3.63) is 29.3 Å². The molecule has 1 aliphatic carbocycles. The molecule has 5 heteroatoms. The van der Waals surface area contributed by atoms with E-state index in [2.05, 4.69) is 17.6 Å². The van der Waals surface area contributed by atoms with Crippen molar-refractivity contribution < 1.29 is 13.2 Å². The highest BCUT2D eigenvalue weighted by Gasteiger charge is 2.37. The minimum atomic E-state index is -4.26. The molecule has 1 aromatic carbocycles. The van der Waals surface area contributed by atoms with E-state index in [4.69, 9.17) is 0 Å². The van der Waals surface area contributed by atoms with Gasteiger partial charge in [0.2, 0.25) is 0 Å². The highest BCUT2D eigenvalue weighted by molar-refractivity contribution is 5.57. The van der Waals surface area contributed by atoms with Crippen LogP contribution in [-0.2, 0) is 6.18 Å². The van der Waals surface area contributed by atoms with Crippen molar-refractivity contribution in [1.29, 1.82) is 0 Å². The first-order valence-electron chi connectivity index (χ1n) is 8.14. The molecule has 2 aliphatic rings. The van der Waals surface area contributed by atoms with Gasteiger partial charge >= 0.3 is 6.18 Å². The van der Waals surface area contributed by atoms with E-state index in [0.29, 0.717) is 11.8 Å². The van der Waals surface area contributed by atoms with Crippen molar-refractivity contribution in [3.63, 3.8) is 0 Å². The molecule has 1 saturated carbocycles. The van der Waals surface area contributed by atoms with Crippen molar-refractivity contribution >= 4 is 5.69 Å². The molecule has 0 radical (unpaired) electrons. The van der Waals surface area contributed by atoms with Gasteiger partial charge in [-0.2, -0.15) is 13.2 Å². The van der Waals surface area contributed by atoms with Gasteiger partial charge in [-0.1, -0.05) is 6.92 Å². The minimum Gasteiger partial charge on any atom is -0.385 e. The Morgan fingerprint density at radius 1 is 1.27 bits per heavy atom. The second-order valence-electron chi connectivity index (χ2n) is 6.53. The lowest BCUT2D eigenvalue weighted by atomic mass is 9.69. The zero-order valence-electron chi connectivity index (χ0n) is 12.8. The van der Waals surface area contributed by atoms with Crippen LogP contribution >= 0.6 is 0 Å². The largest absolute Gasteiger partial charge is 0.416 e. The lowest BCUT2D eigenvalue weighted by molar-refractivity contribution is -0.137. The molecule has 2 N–H and O–H groups in total. The molecule has 1 fully saturated rings. The molecule has 22 heavy (non-hydrogen) atoms. The molecule has 0 bridgehead atoms. The number of alkyl halides is 3. The van der Waals surface area contributed by atoms with Crippen LogP contribution in [-0.4, -0.2) is 19.6 Å². The second kappa shape index (κ2) is 6.11. The van der Waals surface area contributed by atoms with Crippen LogP contribution in [0.25, 0.3) is 0 Å². The predicted octanol–water partition coefficient (Wildman–Crippen LogP) is 4.24. The maximum atomic E-state index is 13.0. The van der Waals surface area contributed by atoms with Gasteiger partial charge < -0.3 is 10.6 Å². The Hall–Kier alpha value is -1.23. The van der Waals surface area contributed by atoms with E-state index in [-0.39, 0.29) is 5.92 Å². The molecule has 3 unspecified atom stereocenters. The second-order valence-corrected chi connectivity index (χ2v) is 6.53. The van der Waals surface area contributed by atoms with Gasteiger partial charge in [0, 0.05) is 12.2 Å². The summed E-state index contributed by atoms with van der Waals surface area (Å²) in [4.78, 5) is 0. The van der Waals surface area contributed by atoms with Crippen LogP contribution in [0.2, 0.25) is 0 Å². The Labute approximate surface area is 129 Å². The molecule has 2 nitrogen and oxygen atoms in total. The van der Waals surface area contributed by atoms with Gasteiger partial charge in [0.15, 0.2) is 0 Å². The Balaban J connectivity index is 1.85. The number of hydrogen-bond acceptors (Lipinski definition) is 2. The Morgan fingerprint density at radius 3 is 2.82 bits per heavy atom. The van der Waals surface area contributed by atoms with Gasteiger partial charge in [-0.25, -0.2) is 0 Å². The van der Waals surface area contributed by atoms with Gasteiger partial charge in [-0.3, -0.25) is 0 Å². The number of rotatable bonds is 3. The lowest BCUT2D eigenvalue weighted by Gasteiger charge is -2.41. The van der Waals surface area contributed by atoms with Gasteiger partial charge in [0.25, 0.3) is 0 Å². The zero-order valence-corrected chi connectivity index (χ0v) is 12.8. The molecule has 1 aromatic rings. The van der Waals surface area contributed by atoms with E-state index in [9.17, 15) is 13.2 Å². The van der Waals surface area contributed by atoms with Crippen molar-refractivity contribution in [2.24, 2.45) is 11.8 Å². The summed E-state index contributed by atoms with van der Waals surface area (Å²) in [5, 5.41) is 6.69. The quantitative estimate of drug-likeness (QED) is 0.872. The van der Waals surface area contributed by atoms with E-state index < -0.39 is 11.7 Å². The van der Waals surface area contributed by atoms with Crippen LogP contribution in [0.5, 0.6) is 0 Å². The number of hydrogen-bond donors (Lipinski definition) is 2. The summed E-state index contributed by atoms with van der Waals surface area (Å²) in [5.74, 6) is 1.30. The summed E-state index contributed by atoms with van der Waals surface area (Å²) in [6, 6.07) is 4.15. The predicted molar refractivity (Wildman–Crippen MR) is 82.0 cm³/mol. The number of fused-ring (bicyclic) bond motifs is 3. The third-order valence-electron chi connectivity index (χ3n) is 5.12. The van der Waals surface area contributed by atoms with Crippen molar-refractivity contribution in [3.8, 4) is 0 Å². The monoisotopic (exact) mass is 312 g/mol. The highest BCUT2D eigenvalue weighted by atomic mass is 19.4. The van der Waals surface area contributed by atoms with E-state index in [1.54, 1.807) is 6.07 Å². The zero-order chi connectivity index (χ0) is 15.7. The van der Waals surface area contributed by atoms with E-state index in [1.807, 2.05) is 0 Å². The number of halogens is 3. The number of benzene rings is 1. The fraction of sp³-hybridized carbons (Fsp3) is 0.647. The Kier molecular flexibility index (Phi) is 4.35. The highest BCUT2D eigenvalue weighted by Crippen LogP contribution is 2.47. The molecule has 1 heterocycles. The SMILES string of the molecule is CCNCC1CCC2CNc3ccc(C(F)(F)F)cc3C2C1. The van der Waals surface area contributed by atoms with E-state index in [1.165, 1.54) is 18.6 Å². The summed E-state index contributed by atoms with van der Waals surface area (Å²) in [7, 11) is 0. The van der Waals surface area contributed by atoms with Crippen LogP contribution in [0.4, 0.5) is 18.9 Å². The molecule has 0 saturated heterocycles. The fourth-order valence-corrected chi connectivity index (χ4v) is 3.93. The number of nitrogens with one attached hydrogen (secondary N) is 2.